The van der Waals surface area contributed by atoms with Crippen LogP contribution in [0.2, 0.25) is 0 Å². The number of hydrogen-bond acceptors (Lipinski definition) is 4. The maximum atomic E-state index is 9.83. The minimum Gasteiger partial charge on any atom is -0.790 e. The lowest BCUT2D eigenvalue weighted by Gasteiger charge is -1.98. The van der Waals surface area contributed by atoms with Gasteiger partial charge in [-0.25, -0.2) is 4.98 Å². The first-order chi connectivity index (χ1) is 4.84. The summed E-state index contributed by atoms with van der Waals surface area (Å²) in [6.45, 7) is 0. The van der Waals surface area contributed by atoms with Gasteiger partial charge < -0.3 is 16.1 Å². The molecule has 0 bridgehead atoms. The molecule has 0 atom stereocenters. The quantitative estimate of drug-likeness (QED) is 0.326. The third-order valence-corrected chi connectivity index (χ3v) is 0.924. The summed E-state index contributed by atoms with van der Waals surface area (Å²) < 4.78 is 0. The molecule has 0 spiro atoms. The molecule has 10 heavy (non-hydrogen) atoms. The van der Waals surface area contributed by atoms with Gasteiger partial charge in [-0.15, -0.1) is 0 Å². The zero-order chi connectivity index (χ0) is 7.40. The van der Waals surface area contributed by atoms with E-state index >= 15 is 0 Å². The van der Waals surface area contributed by atoms with Crippen molar-refractivity contribution in [1.29, 1.82) is 0 Å². The molecule has 2 N–H and O–H groups in total. The molecule has 1 aromatic rings. The summed E-state index contributed by atoms with van der Waals surface area (Å²) in [5.74, 6) is -0.145. The Morgan fingerprint density at radius 1 is 1.60 bits per heavy atom. The molecule has 0 saturated heterocycles. The van der Waals surface area contributed by atoms with Crippen LogP contribution in [0.3, 0.4) is 0 Å². The van der Waals surface area contributed by atoms with E-state index in [-0.39, 0.29) is 5.84 Å². The first-order valence-electron chi connectivity index (χ1n) is 2.57. The Hall–Kier alpha value is -1.65. The fourth-order valence-corrected chi connectivity index (χ4v) is 0.478. The van der Waals surface area contributed by atoms with Crippen LogP contribution in [0.1, 0.15) is 5.69 Å². The molecule has 1 aromatic heterocycles. The van der Waals surface area contributed by atoms with E-state index in [1.807, 2.05) is 0 Å². The molecule has 0 aliphatic rings. The Labute approximate surface area is 57.2 Å². The maximum absolute atomic E-state index is 9.83. The van der Waals surface area contributed by atoms with E-state index in [9.17, 15) is 5.21 Å². The summed E-state index contributed by atoms with van der Waals surface area (Å²) in [6.07, 6.45) is 4.30. The third kappa shape index (κ3) is 1.19. The Morgan fingerprint density at radius 2 is 2.40 bits per heavy atom. The van der Waals surface area contributed by atoms with Crippen LogP contribution in [0.4, 0.5) is 0 Å². The van der Waals surface area contributed by atoms with Crippen molar-refractivity contribution >= 4 is 5.84 Å². The predicted molar refractivity (Wildman–Crippen MR) is 36.1 cm³/mol. The number of rotatable bonds is 1. The number of amidine groups is 1. The van der Waals surface area contributed by atoms with Gasteiger partial charge in [-0.3, -0.25) is 4.98 Å². The SMILES string of the molecule is NC(=N[O-])c1cnccn1. The van der Waals surface area contributed by atoms with Crippen molar-refractivity contribution in [3.8, 4) is 0 Å². The van der Waals surface area contributed by atoms with Crippen LogP contribution in [0.25, 0.3) is 0 Å². The number of hydrogen-bond donors (Lipinski definition) is 1. The van der Waals surface area contributed by atoms with Gasteiger partial charge in [0.25, 0.3) is 0 Å². The molecule has 52 valence electrons. The molecule has 0 radical (unpaired) electrons. The highest BCUT2D eigenvalue weighted by atomic mass is 16.4. The first kappa shape index (κ1) is 6.47. The van der Waals surface area contributed by atoms with Gasteiger partial charge >= 0.3 is 0 Å². The summed E-state index contributed by atoms with van der Waals surface area (Å²) >= 11 is 0. The maximum Gasteiger partial charge on any atom is 0.141 e. The number of nitrogens with two attached hydrogens (primary N) is 1. The molecule has 0 aromatic carbocycles. The first-order valence-corrected chi connectivity index (χ1v) is 2.57. The smallest absolute Gasteiger partial charge is 0.141 e. The second-order valence-electron chi connectivity index (χ2n) is 1.57. The van der Waals surface area contributed by atoms with Gasteiger partial charge in [-0.1, -0.05) is 0 Å². The Kier molecular flexibility index (Phi) is 1.79. The number of aromatic nitrogens is 2. The molecule has 0 aliphatic heterocycles. The lowest BCUT2D eigenvalue weighted by Crippen LogP contribution is -2.14. The van der Waals surface area contributed by atoms with Crippen LogP contribution in [-0.2, 0) is 0 Å². The van der Waals surface area contributed by atoms with E-state index in [1.165, 1.54) is 18.6 Å². The van der Waals surface area contributed by atoms with Gasteiger partial charge in [0.2, 0.25) is 0 Å². The lowest BCUT2D eigenvalue weighted by atomic mass is 10.4. The Balaban J connectivity index is 2.96. The zero-order valence-corrected chi connectivity index (χ0v) is 5.06. The Morgan fingerprint density at radius 3 is 2.90 bits per heavy atom. The van der Waals surface area contributed by atoms with Gasteiger partial charge in [0.1, 0.15) is 11.5 Å². The van der Waals surface area contributed by atoms with Crippen LogP contribution in [0.5, 0.6) is 0 Å². The molecule has 1 heterocycles. The average molecular weight is 137 g/mol. The van der Waals surface area contributed by atoms with E-state index in [0.29, 0.717) is 5.69 Å². The summed E-state index contributed by atoms with van der Waals surface area (Å²) in [5, 5.41) is 12.3. The molecule has 5 nitrogen and oxygen atoms in total. The van der Waals surface area contributed by atoms with Gasteiger partial charge in [0.05, 0.1) is 6.20 Å². The molecule has 5 heteroatoms. The van der Waals surface area contributed by atoms with Crippen LogP contribution < -0.4 is 5.73 Å². The summed E-state index contributed by atoms with van der Waals surface area (Å²) in [4.78, 5) is 7.42. The minimum absolute atomic E-state index is 0.145. The van der Waals surface area contributed by atoms with Crippen molar-refractivity contribution in [3.63, 3.8) is 0 Å². The zero-order valence-electron chi connectivity index (χ0n) is 5.06. The molecule has 0 unspecified atom stereocenters. The van der Waals surface area contributed by atoms with Crippen molar-refractivity contribution < 1.29 is 0 Å². The van der Waals surface area contributed by atoms with Crippen LogP contribution in [0.15, 0.2) is 23.7 Å². The second-order valence-corrected chi connectivity index (χ2v) is 1.57. The highest BCUT2D eigenvalue weighted by Crippen LogP contribution is 1.87. The van der Waals surface area contributed by atoms with E-state index in [2.05, 4.69) is 15.1 Å². The van der Waals surface area contributed by atoms with Crippen molar-refractivity contribution in [1.82, 2.24) is 9.97 Å². The molecular formula is C5H5N4O-. The van der Waals surface area contributed by atoms with E-state index in [4.69, 9.17) is 5.73 Å². The average Bonchev–Trinajstić information content (AvgIpc) is 2.05. The fraction of sp³-hybridized carbons (Fsp3) is 0. The van der Waals surface area contributed by atoms with Gasteiger partial charge in [-0.2, -0.15) is 0 Å². The van der Waals surface area contributed by atoms with E-state index in [1.54, 1.807) is 0 Å². The lowest BCUT2D eigenvalue weighted by molar-refractivity contribution is 1.17. The topological polar surface area (TPSA) is 87.2 Å². The van der Waals surface area contributed by atoms with Crippen molar-refractivity contribution in [2.24, 2.45) is 10.9 Å². The molecule has 0 amide bonds. The molecule has 0 fully saturated rings. The molecular weight excluding hydrogens is 132 g/mol. The minimum atomic E-state index is -0.145. The highest BCUT2D eigenvalue weighted by molar-refractivity contribution is 5.95. The van der Waals surface area contributed by atoms with Crippen LogP contribution in [0, 0.1) is 5.21 Å². The van der Waals surface area contributed by atoms with Crippen molar-refractivity contribution in [2.75, 3.05) is 0 Å². The second kappa shape index (κ2) is 2.77. The van der Waals surface area contributed by atoms with Gasteiger partial charge in [0, 0.05) is 12.4 Å². The van der Waals surface area contributed by atoms with Crippen molar-refractivity contribution in [3.05, 3.63) is 29.5 Å². The predicted octanol–water partition coefficient (Wildman–Crippen LogP) is -0.320. The molecule has 0 saturated carbocycles. The van der Waals surface area contributed by atoms with Gasteiger partial charge in [-0.05, 0) is 0 Å². The molecule has 1 rings (SSSR count). The highest BCUT2D eigenvalue weighted by Gasteiger charge is 1.93. The van der Waals surface area contributed by atoms with Gasteiger partial charge in [0.15, 0.2) is 0 Å². The molecule has 0 aliphatic carbocycles. The van der Waals surface area contributed by atoms with E-state index in [0.717, 1.165) is 0 Å². The van der Waals surface area contributed by atoms with E-state index < -0.39 is 0 Å². The number of nitrogens with zero attached hydrogens (tertiary/aromatic N) is 3. The largest absolute Gasteiger partial charge is 0.790 e. The summed E-state index contributed by atoms with van der Waals surface area (Å²) in [5.41, 5.74) is 5.43. The standard InChI is InChI=1S/C5H6N4O/c6-5(9-10)4-3-7-1-2-8-4/h1-3,10H,(H2,6,9)/p-1. The van der Waals surface area contributed by atoms with Crippen molar-refractivity contribution in [2.45, 2.75) is 0 Å². The van der Waals surface area contributed by atoms with Crippen LogP contribution in [-0.4, -0.2) is 15.8 Å². The Bertz CT molecular complexity index is 233. The monoisotopic (exact) mass is 137 g/mol. The normalized spacial score (nSPS) is 11.4. The van der Waals surface area contributed by atoms with Crippen LogP contribution >= 0.6 is 0 Å². The fourth-order valence-electron chi connectivity index (χ4n) is 0.478. The summed E-state index contributed by atoms with van der Waals surface area (Å²) in [6, 6.07) is 0. The third-order valence-electron chi connectivity index (χ3n) is 0.924. The summed E-state index contributed by atoms with van der Waals surface area (Å²) in [7, 11) is 0.